The lowest BCUT2D eigenvalue weighted by molar-refractivity contribution is -0.149. The fourth-order valence-electron chi connectivity index (χ4n) is 4.62. The first-order chi connectivity index (χ1) is 16.0. The lowest BCUT2D eigenvalue weighted by atomic mass is 9.98. The summed E-state index contributed by atoms with van der Waals surface area (Å²) in [6.45, 7) is 2.29. The zero-order valence-electron chi connectivity index (χ0n) is 18.5. The minimum Gasteiger partial charge on any atom is -0.480 e. The quantitative estimate of drug-likeness (QED) is 0.610. The van der Waals surface area contributed by atoms with Gasteiger partial charge in [0.2, 0.25) is 5.91 Å². The summed E-state index contributed by atoms with van der Waals surface area (Å²) in [6.07, 6.45) is 0.744. The molecule has 0 bridgehead atoms. The Labute approximate surface area is 197 Å². The summed E-state index contributed by atoms with van der Waals surface area (Å²) in [5, 5.41) is 12.1. The van der Waals surface area contributed by atoms with Crippen LogP contribution in [0.1, 0.15) is 36.8 Å². The number of amides is 2. The molecule has 2 aliphatic rings. The number of ether oxygens (including phenoxy) is 1. The lowest BCUT2D eigenvalue weighted by Gasteiger charge is -2.26. The van der Waals surface area contributed by atoms with Gasteiger partial charge in [-0.25, -0.2) is 9.59 Å². The van der Waals surface area contributed by atoms with Crippen molar-refractivity contribution in [3.8, 4) is 11.1 Å². The van der Waals surface area contributed by atoms with Gasteiger partial charge in [0.25, 0.3) is 0 Å². The number of hydrogen-bond donors (Lipinski definition) is 2. The molecule has 2 N–H and O–H groups in total. The van der Waals surface area contributed by atoms with Crippen LogP contribution < -0.4 is 5.32 Å². The van der Waals surface area contributed by atoms with Crippen molar-refractivity contribution < 1.29 is 24.2 Å². The van der Waals surface area contributed by atoms with Crippen LogP contribution in [0.3, 0.4) is 0 Å². The zero-order chi connectivity index (χ0) is 23.4. The Bertz CT molecular complexity index is 997. The lowest BCUT2D eigenvalue weighted by Crippen LogP contribution is -2.47. The summed E-state index contributed by atoms with van der Waals surface area (Å²) in [4.78, 5) is 38.3. The predicted octanol–water partition coefficient (Wildman–Crippen LogP) is 3.93. The summed E-state index contributed by atoms with van der Waals surface area (Å²) in [6, 6.07) is 15.4. The van der Waals surface area contributed by atoms with Crippen LogP contribution in [0.15, 0.2) is 48.5 Å². The van der Waals surface area contributed by atoms with Crippen LogP contribution in [-0.4, -0.2) is 58.8 Å². The third-order valence-electron chi connectivity index (χ3n) is 6.27. The van der Waals surface area contributed by atoms with Crippen LogP contribution in [0.5, 0.6) is 0 Å². The SMILES string of the molecule is CCCC(CNC(=O)OCC1c2ccccc2-c2ccccc21)C(=O)N1CSCC1C(=O)O. The second-order valence-electron chi connectivity index (χ2n) is 8.35. The van der Waals surface area contributed by atoms with Crippen molar-refractivity contribution in [3.05, 3.63) is 59.7 Å². The minimum absolute atomic E-state index is 0.0332. The van der Waals surface area contributed by atoms with E-state index in [0.29, 0.717) is 18.1 Å². The summed E-state index contributed by atoms with van der Waals surface area (Å²) in [5.74, 6) is -0.979. The Hall–Kier alpha value is -3.00. The van der Waals surface area contributed by atoms with E-state index in [1.807, 2.05) is 31.2 Å². The van der Waals surface area contributed by atoms with E-state index >= 15 is 0 Å². The number of benzene rings is 2. The molecular weight excluding hydrogens is 440 g/mol. The number of aliphatic carboxylic acids is 1. The molecule has 1 fully saturated rings. The molecule has 0 aromatic heterocycles. The van der Waals surface area contributed by atoms with Crippen molar-refractivity contribution in [3.63, 3.8) is 0 Å². The standard InChI is InChI=1S/C25H28N2O5S/c1-2-7-16(23(28)27-15-33-14-22(27)24(29)30)12-26-25(31)32-13-21-19-10-5-3-8-17(19)18-9-4-6-11-20(18)21/h3-6,8-11,16,21-22H,2,7,12-15H2,1H3,(H,26,31)(H,29,30). The topological polar surface area (TPSA) is 95.9 Å². The van der Waals surface area contributed by atoms with E-state index < -0.39 is 24.0 Å². The maximum Gasteiger partial charge on any atom is 0.407 e. The molecule has 8 heteroatoms. The van der Waals surface area contributed by atoms with Gasteiger partial charge in [0.1, 0.15) is 12.6 Å². The van der Waals surface area contributed by atoms with Crippen LogP contribution in [0, 0.1) is 5.92 Å². The Morgan fingerprint density at radius 1 is 1.12 bits per heavy atom. The monoisotopic (exact) mass is 468 g/mol. The van der Waals surface area contributed by atoms with Gasteiger partial charge in [-0.3, -0.25) is 4.79 Å². The number of thioether (sulfide) groups is 1. The number of nitrogens with zero attached hydrogens (tertiary/aromatic N) is 1. The molecule has 33 heavy (non-hydrogen) atoms. The summed E-state index contributed by atoms with van der Waals surface area (Å²) in [5.41, 5.74) is 4.59. The molecular formula is C25H28N2O5S. The number of hydrogen-bond acceptors (Lipinski definition) is 5. The third kappa shape index (κ3) is 4.85. The number of carbonyl (C=O) groups is 3. The summed E-state index contributed by atoms with van der Waals surface area (Å²) < 4.78 is 5.56. The largest absolute Gasteiger partial charge is 0.480 e. The van der Waals surface area contributed by atoms with Gasteiger partial charge in [-0.15, -0.1) is 11.8 Å². The number of rotatable bonds is 8. The number of alkyl carbamates (subject to hydrolysis) is 1. The number of fused-ring (bicyclic) bond motifs is 3. The molecule has 1 saturated heterocycles. The van der Waals surface area contributed by atoms with Gasteiger partial charge in [0.15, 0.2) is 0 Å². The van der Waals surface area contributed by atoms with E-state index in [2.05, 4.69) is 29.6 Å². The number of carbonyl (C=O) groups excluding carboxylic acids is 2. The first-order valence-electron chi connectivity index (χ1n) is 11.2. The van der Waals surface area contributed by atoms with E-state index in [9.17, 15) is 19.5 Å². The number of carboxylic acid groups (broad SMARTS) is 1. The molecule has 1 aliphatic heterocycles. The summed E-state index contributed by atoms with van der Waals surface area (Å²) >= 11 is 1.43. The fraction of sp³-hybridized carbons (Fsp3) is 0.400. The Morgan fingerprint density at radius 3 is 2.36 bits per heavy atom. The predicted molar refractivity (Wildman–Crippen MR) is 127 cm³/mol. The molecule has 2 unspecified atom stereocenters. The van der Waals surface area contributed by atoms with Crippen molar-refractivity contribution in [2.24, 2.45) is 5.92 Å². The van der Waals surface area contributed by atoms with E-state index in [1.165, 1.54) is 16.7 Å². The van der Waals surface area contributed by atoms with Crippen molar-refractivity contribution >= 4 is 29.7 Å². The van der Waals surface area contributed by atoms with Gasteiger partial charge in [-0.2, -0.15) is 0 Å². The normalized spacial score (nSPS) is 17.8. The van der Waals surface area contributed by atoms with Gasteiger partial charge < -0.3 is 20.1 Å². The molecule has 2 atom stereocenters. The third-order valence-corrected chi connectivity index (χ3v) is 7.29. The van der Waals surface area contributed by atoms with Crippen LogP contribution in [0.4, 0.5) is 4.79 Å². The van der Waals surface area contributed by atoms with E-state index in [0.717, 1.165) is 28.7 Å². The number of nitrogens with one attached hydrogen (secondary N) is 1. The molecule has 1 aliphatic carbocycles. The van der Waals surface area contributed by atoms with E-state index in [4.69, 9.17) is 4.74 Å². The summed E-state index contributed by atoms with van der Waals surface area (Å²) in [7, 11) is 0. The molecule has 174 valence electrons. The fourth-order valence-corrected chi connectivity index (χ4v) is 5.77. The minimum atomic E-state index is -0.993. The second kappa shape index (κ2) is 10.3. The van der Waals surface area contributed by atoms with Gasteiger partial charge in [-0.1, -0.05) is 61.9 Å². The van der Waals surface area contributed by atoms with E-state index in [1.54, 1.807) is 0 Å². The molecule has 0 saturated carbocycles. The molecule has 2 amide bonds. The van der Waals surface area contributed by atoms with Crippen molar-refractivity contribution in [1.29, 1.82) is 0 Å². The average molecular weight is 469 g/mol. The molecule has 0 radical (unpaired) electrons. The van der Waals surface area contributed by atoms with E-state index in [-0.39, 0.29) is 25.0 Å². The maximum atomic E-state index is 13.0. The molecule has 0 spiro atoms. The Kier molecular flexibility index (Phi) is 7.23. The van der Waals surface area contributed by atoms with Gasteiger partial charge >= 0.3 is 12.1 Å². The van der Waals surface area contributed by atoms with Crippen LogP contribution in [0.2, 0.25) is 0 Å². The highest BCUT2D eigenvalue weighted by Crippen LogP contribution is 2.44. The van der Waals surface area contributed by atoms with Crippen LogP contribution >= 0.6 is 11.8 Å². The Morgan fingerprint density at radius 2 is 1.76 bits per heavy atom. The molecule has 7 nitrogen and oxygen atoms in total. The highest BCUT2D eigenvalue weighted by molar-refractivity contribution is 7.99. The van der Waals surface area contributed by atoms with Gasteiger partial charge in [0.05, 0.1) is 11.8 Å². The molecule has 2 aromatic rings. The molecule has 1 heterocycles. The van der Waals surface area contributed by atoms with Crippen LogP contribution in [0.25, 0.3) is 11.1 Å². The van der Waals surface area contributed by atoms with Gasteiger partial charge in [0, 0.05) is 18.2 Å². The first kappa shape index (κ1) is 23.2. The van der Waals surface area contributed by atoms with Crippen LogP contribution in [-0.2, 0) is 14.3 Å². The van der Waals surface area contributed by atoms with Gasteiger partial charge in [-0.05, 0) is 28.7 Å². The highest BCUT2D eigenvalue weighted by atomic mass is 32.2. The highest BCUT2D eigenvalue weighted by Gasteiger charge is 2.37. The maximum absolute atomic E-state index is 13.0. The molecule has 4 rings (SSSR count). The van der Waals surface area contributed by atoms with Crippen molar-refractivity contribution in [2.75, 3.05) is 24.8 Å². The smallest absolute Gasteiger partial charge is 0.407 e. The second-order valence-corrected chi connectivity index (χ2v) is 9.35. The van der Waals surface area contributed by atoms with Crippen molar-refractivity contribution in [1.82, 2.24) is 10.2 Å². The van der Waals surface area contributed by atoms with Crippen molar-refractivity contribution in [2.45, 2.75) is 31.7 Å². The first-order valence-corrected chi connectivity index (χ1v) is 12.4. The Balaban J connectivity index is 1.36. The molecule has 2 aromatic carbocycles. The average Bonchev–Trinajstić information content (AvgIpc) is 3.43. The number of carboxylic acids is 1. The zero-order valence-corrected chi connectivity index (χ0v) is 19.3.